The van der Waals surface area contributed by atoms with Crippen LogP contribution in [0.4, 0.5) is 8.78 Å². The summed E-state index contributed by atoms with van der Waals surface area (Å²) in [6, 6.07) is 4.30. The molecule has 1 aliphatic rings. The highest BCUT2D eigenvalue weighted by atomic mass is 19.3. The van der Waals surface area contributed by atoms with Crippen LogP contribution in [0, 0.1) is 0 Å². The topological polar surface area (TPSA) is 38.3 Å². The maximum atomic E-state index is 13.0. The van der Waals surface area contributed by atoms with E-state index < -0.39 is 12.4 Å². The van der Waals surface area contributed by atoms with Gasteiger partial charge in [-0.3, -0.25) is 0 Å². The molecule has 0 spiro atoms. The molecule has 0 aliphatic carbocycles. The number of rotatable bonds is 4. The average Bonchev–Trinajstić information content (AvgIpc) is 2.92. The predicted octanol–water partition coefficient (Wildman–Crippen LogP) is 2.88. The molecule has 104 valence electrons. The molecular formula is C14H17F2NO2. The minimum Gasteiger partial charge on any atom is -0.462 e. The summed E-state index contributed by atoms with van der Waals surface area (Å²) < 4.78 is 31.0. The average molecular weight is 269 g/mol. The zero-order valence-corrected chi connectivity index (χ0v) is 10.8. The van der Waals surface area contributed by atoms with Crippen LogP contribution in [-0.4, -0.2) is 25.7 Å². The van der Waals surface area contributed by atoms with Crippen molar-refractivity contribution in [3.8, 4) is 0 Å². The molecule has 1 N–H and O–H groups in total. The van der Waals surface area contributed by atoms with Crippen molar-refractivity contribution in [3.05, 3.63) is 34.9 Å². The third-order valence-electron chi connectivity index (χ3n) is 3.33. The fraction of sp³-hybridized carbons (Fsp3) is 0.500. The molecule has 2 rings (SSSR count). The summed E-state index contributed by atoms with van der Waals surface area (Å²) in [6.45, 7) is 3.48. The second-order valence-corrected chi connectivity index (χ2v) is 4.55. The van der Waals surface area contributed by atoms with Crippen molar-refractivity contribution in [3.63, 3.8) is 0 Å². The van der Waals surface area contributed by atoms with Crippen LogP contribution in [0.1, 0.15) is 47.2 Å². The molecule has 1 unspecified atom stereocenters. The molecule has 1 fully saturated rings. The Morgan fingerprint density at radius 1 is 1.53 bits per heavy atom. The number of halogens is 2. The number of esters is 1. The zero-order valence-electron chi connectivity index (χ0n) is 10.8. The Labute approximate surface area is 111 Å². The summed E-state index contributed by atoms with van der Waals surface area (Å²) in [5.41, 5.74) is 0.917. The third kappa shape index (κ3) is 3.10. The molecule has 0 amide bonds. The van der Waals surface area contributed by atoms with Crippen molar-refractivity contribution in [2.75, 3.05) is 19.7 Å². The van der Waals surface area contributed by atoms with Gasteiger partial charge in [-0.25, -0.2) is 13.6 Å². The smallest absolute Gasteiger partial charge is 0.338 e. The molecule has 19 heavy (non-hydrogen) atoms. The van der Waals surface area contributed by atoms with Crippen LogP contribution in [0.5, 0.6) is 0 Å². The monoisotopic (exact) mass is 269 g/mol. The largest absolute Gasteiger partial charge is 0.462 e. The highest BCUT2D eigenvalue weighted by Crippen LogP contribution is 2.32. The number of alkyl halides is 2. The van der Waals surface area contributed by atoms with Crippen LogP contribution in [0.2, 0.25) is 0 Å². The maximum absolute atomic E-state index is 13.0. The Bertz CT molecular complexity index is 457. The molecule has 5 heteroatoms. The van der Waals surface area contributed by atoms with E-state index in [1.165, 1.54) is 12.1 Å². The Morgan fingerprint density at radius 2 is 2.32 bits per heavy atom. The van der Waals surface area contributed by atoms with Gasteiger partial charge in [0, 0.05) is 12.1 Å². The normalized spacial score (nSPS) is 18.8. The minimum absolute atomic E-state index is 0.0155. The van der Waals surface area contributed by atoms with Gasteiger partial charge in [0.2, 0.25) is 0 Å². The molecule has 1 aliphatic heterocycles. The van der Waals surface area contributed by atoms with Crippen molar-refractivity contribution >= 4 is 5.97 Å². The molecule has 0 bridgehead atoms. The summed E-state index contributed by atoms with van der Waals surface area (Å²) in [7, 11) is 0. The number of carbonyl (C=O) groups is 1. The van der Waals surface area contributed by atoms with Crippen LogP contribution < -0.4 is 5.32 Å². The maximum Gasteiger partial charge on any atom is 0.338 e. The molecule has 1 aromatic rings. The van der Waals surface area contributed by atoms with Gasteiger partial charge >= 0.3 is 5.97 Å². The van der Waals surface area contributed by atoms with E-state index >= 15 is 0 Å². The van der Waals surface area contributed by atoms with Crippen molar-refractivity contribution in [1.82, 2.24) is 5.32 Å². The first-order chi connectivity index (χ1) is 9.13. The summed E-state index contributed by atoms with van der Waals surface area (Å²) >= 11 is 0. The van der Waals surface area contributed by atoms with E-state index in [1.807, 2.05) is 0 Å². The van der Waals surface area contributed by atoms with Gasteiger partial charge in [-0.15, -0.1) is 0 Å². The van der Waals surface area contributed by atoms with E-state index in [0.717, 1.165) is 13.0 Å². The Morgan fingerprint density at radius 3 is 2.89 bits per heavy atom. The highest BCUT2D eigenvalue weighted by molar-refractivity contribution is 5.89. The molecular weight excluding hydrogens is 252 g/mol. The number of benzene rings is 1. The van der Waals surface area contributed by atoms with Gasteiger partial charge in [-0.05, 0) is 43.5 Å². The molecule has 0 aromatic heterocycles. The molecule has 3 nitrogen and oxygen atoms in total. The van der Waals surface area contributed by atoms with Crippen molar-refractivity contribution < 1.29 is 18.3 Å². The Hall–Kier alpha value is -1.49. The van der Waals surface area contributed by atoms with E-state index in [-0.39, 0.29) is 18.1 Å². The third-order valence-corrected chi connectivity index (χ3v) is 3.33. The fourth-order valence-corrected chi connectivity index (χ4v) is 2.39. The lowest BCUT2D eigenvalue weighted by molar-refractivity contribution is 0.0525. The van der Waals surface area contributed by atoms with E-state index in [1.54, 1.807) is 13.0 Å². The quantitative estimate of drug-likeness (QED) is 0.854. The van der Waals surface area contributed by atoms with Gasteiger partial charge in [-0.1, -0.05) is 6.07 Å². The Kier molecular flexibility index (Phi) is 4.47. The molecule has 1 saturated heterocycles. The second-order valence-electron chi connectivity index (χ2n) is 4.55. The molecule has 1 atom stereocenters. The number of nitrogens with one attached hydrogen (secondary N) is 1. The van der Waals surface area contributed by atoms with E-state index in [2.05, 4.69) is 5.32 Å². The SMILES string of the molecule is CCOC(=O)c1ccc(C(F)F)c(C2CCNC2)c1. The van der Waals surface area contributed by atoms with Crippen molar-refractivity contribution in [2.24, 2.45) is 0 Å². The summed E-state index contributed by atoms with van der Waals surface area (Å²) in [5, 5.41) is 3.15. The Balaban J connectivity index is 2.34. The van der Waals surface area contributed by atoms with Crippen LogP contribution in [0.15, 0.2) is 18.2 Å². The fourth-order valence-electron chi connectivity index (χ4n) is 2.39. The standard InChI is InChI=1S/C14H17F2NO2/c1-2-19-14(18)9-3-4-11(13(15)16)12(7-9)10-5-6-17-8-10/h3-4,7,10,13,17H,2,5-6,8H2,1H3. The van der Waals surface area contributed by atoms with Gasteiger partial charge in [0.1, 0.15) is 0 Å². The zero-order chi connectivity index (χ0) is 13.8. The number of carbonyl (C=O) groups excluding carboxylic acids is 1. The molecule has 0 radical (unpaired) electrons. The lowest BCUT2D eigenvalue weighted by Crippen LogP contribution is -2.11. The first kappa shape index (κ1) is 13.9. The van der Waals surface area contributed by atoms with E-state index in [0.29, 0.717) is 17.7 Å². The highest BCUT2D eigenvalue weighted by Gasteiger charge is 2.24. The van der Waals surface area contributed by atoms with Crippen LogP contribution in [-0.2, 0) is 4.74 Å². The molecule has 0 saturated carbocycles. The van der Waals surface area contributed by atoms with Gasteiger partial charge in [-0.2, -0.15) is 0 Å². The van der Waals surface area contributed by atoms with Gasteiger partial charge in [0.05, 0.1) is 12.2 Å². The summed E-state index contributed by atoms with van der Waals surface area (Å²) in [5.74, 6) is -0.422. The van der Waals surface area contributed by atoms with Gasteiger partial charge in [0.15, 0.2) is 0 Å². The van der Waals surface area contributed by atoms with E-state index in [9.17, 15) is 13.6 Å². The number of hydrogen-bond donors (Lipinski definition) is 1. The van der Waals surface area contributed by atoms with Crippen molar-refractivity contribution in [2.45, 2.75) is 25.7 Å². The predicted molar refractivity (Wildman–Crippen MR) is 67.6 cm³/mol. The van der Waals surface area contributed by atoms with Crippen LogP contribution in [0.3, 0.4) is 0 Å². The number of ether oxygens (including phenoxy) is 1. The van der Waals surface area contributed by atoms with E-state index in [4.69, 9.17) is 4.74 Å². The first-order valence-electron chi connectivity index (χ1n) is 6.43. The molecule has 1 aromatic carbocycles. The minimum atomic E-state index is -2.52. The van der Waals surface area contributed by atoms with Crippen molar-refractivity contribution in [1.29, 1.82) is 0 Å². The second kappa shape index (κ2) is 6.10. The summed E-state index contributed by atoms with van der Waals surface area (Å²) in [4.78, 5) is 11.7. The van der Waals surface area contributed by atoms with Crippen LogP contribution >= 0.6 is 0 Å². The van der Waals surface area contributed by atoms with Gasteiger partial charge in [0.25, 0.3) is 6.43 Å². The number of hydrogen-bond acceptors (Lipinski definition) is 3. The lowest BCUT2D eigenvalue weighted by atomic mass is 9.92. The van der Waals surface area contributed by atoms with Gasteiger partial charge < -0.3 is 10.1 Å². The molecule has 1 heterocycles. The van der Waals surface area contributed by atoms with Crippen LogP contribution in [0.25, 0.3) is 0 Å². The lowest BCUT2D eigenvalue weighted by Gasteiger charge is -2.15. The summed E-state index contributed by atoms with van der Waals surface area (Å²) in [6.07, 6.45) is -1.71. The first-order valence-corrected chi connectivity index (χ1v) is 6.43.